The van der Waals surface area contributed by atoms with Crippen molar-refractivity contribution in [2.45, 2.75) is 44.6 Å². The van der Waals surface area contributed by atoms with Crippen LogP contribution in [0.2, 0.25) is 5.28 Å². The number of hydrogen-bond donors (Lipinski definition) is 0. The van der Waals surface area contributed by atoms with Crippen molar-refractivity contribution >= 4 is 23.1 Å². The van der Waals surface area contributed by atoms with Gasteiger partial charge < -0.3 is 9.80 Å². The van der Waals surface area contributed by atoms with Crippen molar-refractivity contribution in [3.8, 4) is 0 Å². The molecule has 19 heavy (non-hydrogen) atoms. The topological polar surface area (TPSA) is 32.3 Å². The van der Waals surface area contributed by atoms with Gasteiger partial charge in [-0.2, -0.15) is 4.98 Å². The molecular formula is C14H19ClN4. The quantitative estimate of drug-likeness (QED) is 0.739. The summed E-state index contributed by atoms with van der Waals surface area (Å²) in [6.07, 6.45) is 10.2. The number of fused-ring (bicyclic) bond motifs is 1. The maximum atomic E-state index is 5.96. The van der Waals surface area contributed by atoms with Crippen LogP contribution in [-0.2, 0) is 0 Å². The van der Waals surface area contributed by atoms with E-state index in [4.69, 9.17) is 11.6 Å². The molecule has 0 saturated heterocycles. The normalized spacial score (nSPS) is 24.9. The first-order valence-corrected chi connectivity index (χ1v) is 7.55. The SMILES string of the molecule is CN1CN(C2CCC3(CC2)CC3)c2nc(Cl)ncc21. The maximum absolute atomic E-state index is 5.96. The molecule has 5 heteroatoms. The predicted molar refractivity (Wildman–Crippen MR) is 76.7 cm³/mol. The Hall–Kier alpha value is -1.03. The second-order valence-electron chi connectivity index (χ2n) is 6.39. The fourth-order valence-corrected chi connectivity index (χ4v) is 3.82. The van der Waals surface area contributed by atoms with Gasteiger partial charge in [-0.05, 0) is 55.5 Å². The zero-order valence-corrected chi connectivity index (χ0v) is 12.0. The standard InChI is InChI=1S/C14H19ClN4/c1-18-9-19(12-11(18)8-16-13(15)17-12)10-2-4-14(5-3-10)6-7-14/h8,10H,2-7,9H2,1H3. The molecule has 0 bridgehead atoms. The van der Waals surface area contributed by atoms with E-state index in [1.165, 1.54) is 38.5 Å². The van der Waals surface area contributed by atoms with Crippen LogP contribution in [0.15, 0.2) is 6.20 Å². The molecule has 1 aromatic rings. The largest absolute Gasteiger partial charge is 0.353 e. The van der Waals surface area contributed by atoms with E-state index in [0.29, 0.717) is 11.3 Å². The van der Waals surface area contributed by atoms with Crippen LogP contribution in [0.3, 0.4) is 0 Å². The van der Waals surface area contributed by atoms with Crippen LogP contribution in [0, 0.1) is 5.41 Å². The highest BCUT2D eigenvalue weighted by molar-refractivity contribution is 6.28. The Morgan fingerprint density at radius 2 is 2.00 bits per heavy atom. The Bertz CT molecular complexity index is 504. The van der Waals surface area contributed by atoms with Crippen molar-refractivity contribution in [3.63, 3.8) is 0 Å². The van der Waals surface area contributed by atoms with E-state index >= 15 is 0 Å². The third-order valence-corrected chi connectivity index (χ3v) is 5.36. The van der Waals surface area contributed by atoms with Gasteiger partial charge in [0.2, 0.25) is 5.28 Å². The van der Waals surface area contributed by atoms with Crippen LogP contribution in [-0.4, -0.2) is 29.7 Å². The van der Waals surface area contributed by atoms with Crippen molar-refractivity contribution in [2.75, 3.05) is 23.5 Å². The van der Waals surface area contributed by atoms with Gasteiger partial charge in [0.15, 0.2) is 5.82 Å². The predicted octanol–water partition coefficient (Wildman–Crippen LogP) is 3.07. The Labute approximate surface area is 118 Å². The average Bonchev–Trinajstić information content (AvgIpc) is 3.08. The molecule has 1 spiro atoms. The Morgan fingerprint density at radius 3 is 2.68 bits per heavy atom. The highest BCUT2D eigenvalue weighted by Gasteiger charge is 2.46. The first-order valence-electron chi connectivity index (χ1n) is 7.17. The second-order valence-corrected chi connectivity index (χ2v) is 6.73. The molecule has 0 N–H and O–H groups in total. The van der Waals surface area contributed by atoms with Crippen molar-refractivity contribution < 1.29 is 0 Å². The summed E-state index contributed by atoms with van der Waals surface area (Å²) in [7, 11) is 2.10. The first kappa shape index (κ1) is 11.8. The summed E-state index contributed by atoms with van der Waals surface area (Å²) >= 11 is 5.96. The van der Waals surface area contributed by atoms with Gasteiger partial charge in [-0.3, -0.25) is 0 Å². The molecule has 0 radical (unpaired) electrons. The maximum Gasteiger partial charge on any atom is 0.224 e. The van der Waals surface area contributed by atoms with Crippen LogP contribution >= 0.6 is 11.6 Å². The summed E-state index contributed by atoms with van der Waals surface area (Å²) in [5.74, 6) is 1.03. The van der Waals surface area contributed by atoms with Gasteiger partial charge in [-0.1, -0.05) is 0 Å². The van der Waals surface area contributed by atoms with Gasteiger partial charge >= 0.3 is 0 Å². The smallest absolute Gasteiger partial charge is 0.224 e. The molecule has 4 nitrogen and oxygen atoms in total. The van der Waals surface area contributed by atoms with Gasteiger partial charge in [0.25, 0.3) is 0 Å². The van der Waals surface area contributed by atoms with Crippen LogP contribution in [0.25, 0.3) is 0 Å². The molecular weight excluding hydrogens is 260 g/mol. The minimum Gasteiger partial charge on any atom is -0.353 e. The van der Waals surface area contributed by atoms with E-state index in [2.05, 4.69) is 26.8 Å². The van der Waals surface area contributed by atoms with Gasteiger partial charge in [-0.15, -0.1) is 0 Å². The minimum absolute atomic E-state index is 0.355. The van der Waals surface area contributed by atoms with Crippen molar-refractivity contribution in [1.82, 2.24) is 9.97 Å². The summed E-state index contributed by atoms with van der Waals surface area (Å²) < 4.78 is 0. The number of anilines is 2. The van der Waals surface area contributed by atoms with E-state index in [1.54, 1.807) is 0 Å². The van der Waals surface area contributed by atoms with Gasteiger partial charge in [0.05, 0.1) is 18.6 Å². The third-order valence-electron chi connectivity index (χ3n) is 5.18. The second kappa shape index (κ2) is 3.98. The first-order chi connectivity index (χ1) is 9.17. The summed E-state index contributed by atoms with van der Waals surface area (Å²) in [6.45, 7) is 0.919. The molecule has 3 aliphatic rings. The fourth-order valence-electron chi connectivity index (χ4n) is 3.69. The highest BCUT2D eigenvalue weighted by atomic mass is 35.5. The lowest BCUT2D eigenvalue weighted by Gasteiger charge is -2.35. The molecule has 4 rings (SSSR count). The lowest BCUT2D eigenvalue weighted by molar-refractivity contribution is 0.297. The Kier molecular flexibility index (Phi) is 2.47. The Morgan fingerprint density at radius 1 is 1.26 bits per heavy atom. The summed E-state index contributed by atoms with van der Waals surface area (Å²) in [4.78, 5) is 13.2. The van der Waals surface area contributed by atoms with Crippen molar-refractivity contribution in [2.24, 2.45) is 5.41 Å². The van der Waals surface area contributed by atoms with E-state index < -0.39 is 0 Å². The average molecular weight is 279 g/mol. The number of rotatable bonds is 1. The zero-order valence-electron chi connectivity index (χ0n) is 11.3. The number of halogens is 1. The van der Waals surface area contributed by atoms with Gasteiger partial charge in [0, 0.05) is 13.1 Å². The number of hydrogen-bond acceptors (Lipinski definition) is 4. The third kappa shape index (κ3) is 1.88. The van der Waals surface area contributed by atoms with Crippen LogP contribution in [0.4, 0.5) is 11.5 Å². The van der Waals surface area contributed by atoms with Crippen LogP contribution in [0.5, 0.6) is 0 Å². The van der Waals surface area contributed by atoms with Gasteiger partial charge in [-0.25, -0.2) is 4.98 Å². The molecule has 0 amide bonds. The van der Waals surface area contributed by atoms with Crippen molar-refractivity contribution in [1.29, 1.82) is 0 Å². The fraction of sp³-hybridized carbons (Fsp3) is 0.714. The molecule has 0 unspecified atom stereocenters. The zero-order chi connectivity index (χ0) is 13.0. The Balaban J connectivity index is 1.58. The molecule has 0 atom stereocenters. The van der Waals surface area contributed by atoms with Crippen molar-refractivity contribution in [3.05, 3.63) is 11.5 Å². The molecule has 1 aliphatic heterocycles. The highest BCUT2D eigenvalue weighted by Crippen LogP contribution is 2.57. The van der Waals surface area contributed by atoms with Crippen LogP contribution < -0.4 is 9.80 Å². The molecule has 0 aromatic carbocycles. The molecule has 2 fully saturated rings. The molecule has 1 aromatic heterocycles. The number of aromatic nitrogens is 2. The summed E-state index contributed by atoms with van der Waals surface area (Å²) in [5, 5.41) is 0.355. The van der Waals surface area contributed by atoms with E-state index in [1.807, 2.05) is 6.20 Å². The molecule has 102 valence electrons. The minimum atomic E-state index is 0.355. The van der Waals surface area contributed by atoms with Gasteiger partial charge in [0.1, 0.15) is 0 Å². The number of nitrogens with zero attached hydrogens (tertiary/aromatic N) is 4. The summed E-state index contributed by atoms with van der Waals surface area (Å²) in [5.41, 5.74) is 1.85. The molecule has 2 heterocycles. The lowest BCUT2D eigenvalue weighted by atomic mass is 9.83. The molecule has 2 saturated carbocycles. The van der Waals surface area contributed by atoms with E-state index in [9.17, 15) is 0 Å². The lowest BCUT2D eigenvalue weighted by Crippen LogP contribution is -2.40. The monoisotopic (exact) mass is 278 g/mol. The van der Waals surface area contributed by atoms with Crippen LogP contribution in [0.1, 0.15) is 38.5 Å². The van der Waals surface area contributed by atoms with E-state index in [0.717, 1.165) is 23.6 Å². The molecule has 2 aliphatic carbocycles. The summed E-state index contributed by atoms with van der Waals surface area (Å²) in [6, 6.07) is 0.626. The van der Waals surface area contributed by atoms with E-state index in [-0.39, 0.29) is 0 Å².